The molecule has 5 nitrogen and oxygen atoms in total. The van der Waals surface area contributed by atoms with Crippen LogP contribution in [0.2, 0.25) is 0 Å². The molecule has 1 aliphatic heterocycles. The van der Waals surface area contributed by atoms with Gasteiger partial charge in [0, 0.05) is 0 Å². The largest absolute Gasteiger partial charge is 0.333 e. The van der Waals surface area contributed by atoms with E-state index >= 15 is 0 Å². The van der Waals surface area contributed by atoms with Gasteiger partial charge in [-0.25, -0.2) is 8.42 Å². The molecule has 19 heavy (non-hydrogen) atoms. The lowest BCUT2D eigenvalue weighted by Crippen LogP contribution is -3.14. The summed E-state index contributed by atoms with van der Waals surface area (Å²) >= 11 is 0. The van der Waals surface area contributed by atoms with E-state index in [1.165, 1.54) is 15.3 Å². The summed E-state index contributed by atoms with van der Waals surface area (Å²) < 4.78 is 26.4. The van der Waals surface area contributed by atoms with Gasteiger partial charge in [-0.2, -0.15) is 9.57 Å². The number of nitriles is 1. The first-order valence-electron chi connectivity index (χ1n) is 6.42. The summed E-state index contributed by atoms with van der Waals surface area (Å²) in [6.45, 7) is 5.90. The highest BCUT2D eigenvalue weighted by Gasteiger charge is 2.29. The van der Waals surface area contributed by atoms with Crippen LogP contribution in [-0.2, 0) is 10.0 Å². The second kappa shape index (κ2) is 5.70. The van der Waals surface area contributed by atoms with Crippen molar-refractivity contribution in [1.82, 2.24) is 4.31 Å². The zero-order valence-corrected chi connectivity index (χ0v) is 11.8. The highest BCUT2D eigenvalue weighted by atomic mass is 32.2. The Balaban J connectivity index is 2.21. The number of likely N-dealkylation sites (N-methyl/N-ethyl adjacent to an activating group) is 1. The zero-order chi connectivity index (χ0) is 13.9. The highest BCUT2D eigenvalue weighted by Crippen LogP contribution is 2.16. The molecule has 0 aromatic heterocycles. The predicted molar refractivity (Wildman–Crippen MR) is 71.2 cm³/mol. The Morgan fingerprint density at radius 1 is 1.37 bits per heavy atom. The number of hydrogen-bond donors (Lipinski definition) is 1. The molecule has 0 aliphatic carbocycles. The predicted octanol–water partition coefficient (Wildman–Crippen LogP) is -0.533. The molecule has 1 aromatic carbocycles. The summed E-state index contributed by atoms with van der Waals surface area (Å²) in [7, 11) is -3.46. The number of sulfonamides is 1. The van der Waals surface area contributed by atoms with E-state index in [-0.39, 0.29) is 4.90 Å². The minimum atomic E-state index is -3.46. The van der Waals surface area contributed by atoms with Gasteiger partial charge in [0.2, 0.25) is 10.0 Å². The summed E-state index contributed by atoms with van der Waals surface area (Å²) in [5.41, 5.74) is 0.374. The Morgan fingerprint density at radius 3 is 2.63 bits per heavy atom. The van der Waals surface area contributed by atoms with Crippen molar-refractivity contribution >= 4 is 10.0 Å². The van der Waals surface area contributed by atoms with Crippen molar-refractivity contribution in [2.24, 2.45) is 0 Å². The Morgan fingerprint density at radius 2 is 2.05 bits per heavy atom. The maximum Gasteiger partial charge on any atom is 0.243 e. The van der Waals surface area contributed by atoms with E-state index in [9.17, 15) is 8.42 Å². The smallest absolute Gasteiger partial charge is 0.243 e. The summed E-state index contributed by atoms with van der Waals surface area (Å²) in [5.74, 6) is 0. The number of hydrogen-bond acceptors (Lipinski definition) is 3. The summed E-state index contributed by atoms with van der Waals surface area (Å²) in [6, 6.07) is 8.18. The molecule has 0 radical (unpaired) electrons. The van der Waals surface area contributed by atoms with Crippen molar-refractivity contribution in [1.29, 1.82) is 5.26 Å². The molecular weight excluding hydrogens is 262 g/mol. The Hall–Kier alpha value is -1.42. The van der Waals surface area contributed by atoms with Crippen molar-refractivity contribution in [2.75, 3.05) is 32.7 Å². The van der Waals surface area contributed by atoms with Crippen molar-refractivity contribution in [3.8, 4) is 6.07 Å². The van der Waals surface area contributed by atoms with Gasteiger partial charge in [-0.1, -0.05) is 6.07 Å². The van der Waals surface area contributed by atoms with Gasteiger partial charge in [0.25, 0.3) is 0 Å². The molecule has 6 heteroatoms. The first-order chi connectivity index (χ1) is 9.07. The molecule has 0 atom stereocenters. The number of quaternary nitrogens is 1. The van der Waals surface area contributed by atoms with Crippen LogP contribution in [0.3, 0.4) is 0 Å². The second-order valence-corrected chi connectivity index (χ2v) is 6.59. The Bertz CT molecular complexity index is 584. The lowest BCUT2D eigenvalue weighted by atomic mass is 10.2. The third kappa shape index (κ3) is 2.95. The van der Waals surface area contributed by atoms with Gasteiger partial charge in [-0.15, -0.1) is 0 Å². The van der Waals surface area contributed by atoms with E-state index < -0.39 is 10.0 Å². The lowest BCUT2D eigenvalue weighted by molar-refractivity contribution is -0.901. The molecule has 1 aromatic rings. The van der Waals surface area contributed by atoms with Crippen LogP contribution in [0.1, 0.15) is 12.5 Å². The fourth-order valence-corrected chi connectivity index (χ4v) is 3.76. The van der Waals surface area contributed by atoms with Crippen LogP contribution >= 0.6 is 0 Å². The van der Waals surface area contributed by atoms with Gasteiger partial charge in [-0.05, 0) is 25.1 Å². The number of piperazine rings is 1. The van der Waals surface area contributed by atoms with Gasteiger partial charge < -0.3 is 4.90 Å². The van der Waals surface area contributed by atoms with Crippen LogP contribution in [0, 0.1) is 11.3 Å². The molecule has 1 aliphatic rings. The topological polar surface area (TPSA) is 65.6 Å². The third-order valence-corrected chi connectivity index (χ3v) is 5.43. The minimum absolute atomic E-state index is 0.214. The number of rotatable bonds is 3. The van der Waals surface area contributed by atoms with Crippen LogP contribution in [-0.4, -0.2) is 45.4 Å². The van der Waals surface area contributed by atoms with Crippen LogP contribution in [0.25, 0.3) is 0 Å². The van der Waals surface area contributed by atoms with Crippen LogP contribution in [0.5, 0.6) is 0 Å². The highest BCUT2D eigenvalue weighted by molar-refractivity contribution is 7.89. The summed E-state index contributed by atoms with van der Waals surface area (Å²) in [6.07, 6.45) is 0. The van der Waals surface area contributed by atoms with Gasteiger partial charge in [0.05, 0.1) is 49.3 Å². The quantitative estimate of drug-likeness (QED) is 0.809. The summed E-state index contributed by atoms with van der Waals surface area (Å²) in [4.78, 5) is 1.64. The van der Waals surface area contributed by atoms with E-state index in [2.05, 4.69) is 6.92 Å². The average molecular weight is 280 g/mol. The van der Waals surface area contributed by atoms with Crippen molar-refractivity contribution in [3.05, 3.63) is 29.8 Å². The lowest BCUT2D eigenvalue weighted by Gasteiger charge is -2.30. The van der Waals surface area contributed by atoms with Crippen molar-refractivity contribution in [2.45, 2.75) is 11.8 Å². The standard InChI is InChI=1S/C13H17N3O2S/c1-2-15-6-8-16(9-7-15)19(17,18)13-5-3-4-12(10-13)11-14/h3-5,10H,2,6-9H2,1H3/p+1. The minimum Gasteiger partial charge on any atom is -0.333 e. The van der Waals surface area contributed by atoms with Crippen LogP contribution < -0.4 is 4.90 Å². The van der Waals surface area contributed by atoms with Gasteiger partial charge >= 0.3 is 0 Å². The monoisotopic (exact) mass is 280 g/mol. The van der Waals surface area contributed by atoms with Gasteiger partial charge in [0.15, 0.2) is 0 Å². The Labute approximate surface area is 114 Å². The molecule has 102 valence electrons. The number of nitrogens with zero attached hydrogens (tertiary/aromatic N) is 2. The molecule has 0 saturated carbocycles. The van der Waals surface area contributed by atoms with Crippen LogP contribution in [0.15, 0.2) is 29.2 Å². The van der Waals surface area contributed by atoms with Gasteiger partial charge in [-0.3, -0.25) is 0 Å². The number of nitrogens with one attached hydrogen (secondary N) is 1. The van der Waals surface area contributed by atoms with E-state index in [0.717, 1.165) is 19.6 Å². The molecular formula is C13H18N3O2S+. The van der Waals surface area contributed by atoms with Crippen molar-refractivity contribution in [3.63, 3.8) is 0 Å². The molecule has 1 fully saturated rings. The zero-order valence-electron chi connectivity index (χ0n) is 11.0. The maximum atomic E-state index is 12.5. The van der Waals surface area contributed by atoms with Crippen LogP contribution in [0.4, 0.5) is 0 Å². The summed E-state index contributed by atoms with van der Waals surface area (Å²) in [5, 5.41) is 8.84. The van der Waals surface area contributed by atoms with E-state index in [1.54, 1.807) is 18.2 Å². The second-order valence-electron chi connectivity index (χ2n) is 4.65. The fraction of sp³-hybridized carbons (Fsp3) is 0.462. The molecule has 0 unspecified atom stereocenters. The average Bonchev–Trinajstić information content (AvgIpc) is 2.47. The maximum absolute atomic E-state index is 12.5. The molecule has 0 spiro atoms. The first kappa shape index (κ1) is 14.0. The first-order valence-corrected chi connectivity index (χ1v) is 7.86. The normalized spacial score (nSPS) is 18.1. The van der Waals surface area contributed by atoms with E-state index in [1.807, 2.05) is 6.07 Å². The molecule has 1 N–H and O–H groups in total. The molecule has 0 bridgehead atoms. The molecule has 1 saturated heterocycles. The SMILES string of the molecule is CC[NH+]1CCN(S(=O)(=O)c2cccc(C#N)c2)CC1. The molecule has 1 heterocycles. The van der Waals surface area contributed by atoms with E-state index in [4.69, 9.17) is 5.26 Å². The van der Waals surface area contributed by atoms with E-state index in [0.29, 0.717) is 18.7 Å². The Kier molecular flexibility index (Phi) is 4.20. The number of benzene rings is 1. The molecule has 2 rings (SSSR count). The molecule has 0 amide bonds. The van der Waals surface area contributed by atoms with Gasteiger partial charge in [0.1, 0.15) is 0 Å². The van der Waals surface area contributed by atoms with Crippen molar-refractivity contribution < 1.29 is 13.3 Å². The third-order valence-electron chi connectivity index (χ3n) is 3.53. The fourth-order valence-electron chi connectivity index (χ4n) is 2.27.